The lowest BCUT2D eigenvalue weighted by Crippen LogP contribution is -1.98. The van der Waals surface area contributed by atoms with Gasteiger partial charge < -0.3 is 9.47 Å². The smallest absolute Gasteiger partial charge is 0.174 e. The molecular weight excluding hydrogens is 538 g/mol. The van der Waals surface area contributed by atoms with E-state index < -0.39 is 11.6 Å². The first kappa shape index (κ1) is 26.3. The first-order valence-corrected chi connectivity index (χ1v) is 13.4. The molecule has 0 unspecified atom stereocenters. The average molecular weight is 561 g/mol. The zero-order valence-corrected chi connectivity index (χ0v) is 22.5. The summed E-state index contributed by atoms with van der Waals surface area (Å²) in [7, 11) is 0. The molecule has 0 aliphatic heterocycles. The Balaban J connectivity index is 1.56. The van der Waals surface area contributed by atoms with Crippen LogP contribution < -0.4 is 9.47 Å². The van der Waals surface area contributed by atoms with Crippen LogP contribution >= 0.6 is 11.6 Å². The van der Waals surface area contributed by atoms with Gasteiger partial charge in [0, 0.05) is 28.3 Å². The van der Waals surface area contributed by atoms with Crippen LogP contribution in [-0.2, 0) is 0 Å². The zero-order chi connectivity index (χ0) is 28.2. The molecule has 0 aliphatic rings. The highest BCUT2D eigenvalue weighted by Crippen LogP contribution is 2.46. The van der Waals surface area contributed by atoms with E-state index in [1.54, 1.807) is 24.3 Å². The van der Waals surface area contributed by atoms with Crippen molar-refractivity contribution in [2.75, 3.05) is 0 Å². The van der Waals surface area contributed by atoms with Gasteiger partial charge in [-0.25, -0.2) is 8.78 Å². The van der Waals surface area contributed by atoms with Gasteiger partial charge in [-0.05, 0) is 41.5 Å². The van der Waals surface area contributed by atoms with E-state index in [4.69, 9.17) is 21.1 Å². The topological polar surface area (TPSA) is 18.5 Å². The van der Waals surface area contributed by atoms with E-state index in [2.05, 4.69) is 0 Å². The zero-order valence-electron chi connectivity index (χ0n) is 21.7. The minimum absolute atomic E-state index is 0.0711. The Morgan fingerprint density at radius 1 is 0.439 bits per heavy atom. The van der Waals surface area contributed by atoms with Gasteiger partial charge in [0.05, 0.1) is 5.02 Å². The van der Waals surface area contributed by atoms with Gasteiger partial charge in [0.1, 0.15) is 23.1 Å². The number of para-hydroxylation sites is 2. The molecule has 6 rings (SSSR count). The lowest BCUT2D eigenvalue weighted by molar-refractivity contribution is 0.444. The summed E-state index contributed by atoms with van der Waals surface area (Å²) in [6.45, 7) is 0. The minimum atomic E-state index is -0.555. The van der Waals surface area contributed by atoms with Gasteiger partial charge in [-0.3, -0.25) is 0 Å². The van der Waals surface area contributed by atoms with Crippen molar-refractivity contribution in [2.45, 2.75) is 0 Å². The third-order valence-corrected chi connectivity index (χ3v) is 6.94. The number of rotatable bonds is 7. The molecule has 0 atom stereocenters. The summed E-state index contributed by atoms with van der Waals surface area (Å²) in [6.07, 6.45) is 0. The molecule has 0 aliphatic carbocycles. The largest absolute Gasteiger partial charge is 0.456 e. The summed E-state index contributed by atoms with van der Waals surface area (Å²) in [5, 5.41) is -0.0711. The number of benzene rings is 6. The number of hydrogen-bond donors (Lipinski definition) is 0. The van der Waals surface area contributed by atoms with Crippen molar-refractivity contribution in [1.29, 1.82) is 0 Å². The first-order chi connectivity index (χ1) is 20.1. The number of hydrogen-bond acceptors (Lipinski definition) is 2. The van der Waals surface area contributed by atoms with E-state index in [9.17, 15) is 4.39 Å². The molecular formula is C36H23ClF2O2. The molecule has 0 spiro atoms. The molecule has 200 valence electrons. The Bertz CT molecular complexity index is 1810. The lowest BCUT2D eigenvalue weighted by atomic mass is 9.94. The Kier molecular flexibility index (Phi) is 7.48. The van der Waals surface area contributed by atoms with Crippen LogP contribution in [0.4, 0.5) is 8.78 Å². The molecule has 0 aromatic heterocycles. The summed E-state index contributed by atoms with van der Waals surface area (Å²) >= 11 is 6.06. The second-order valence-corrected chi connectivity index (χ2v) is 9.72. The van der Waals surface area contributed by atoms with Crippen LogP contribution in [0.1, 0.15) is 0 Å². The van der Waals surface area contributed by atoms with Crippen molar-refractivity contribution in [3.05, 3.63) is 156 Å². The maximum Gasteiger partial charge on any atom is 0.174 e. The van der Waals surface area contributed by atoms with Crippen LogP contribution in [0.3, 0.4) is 0 Å². The predicted octanol–water partition coefficient (Wildman–Crippen LogP) is 11.2. The molecule has 2 nitrogen and oxygen atoms in total. The summed E-state index contributed by atoms with van der Waals surface area (Å²) < 4.78 is 43.2. The van der Waals surface area contributed by atoms with Gasteiger partial charge >= 0.3 is 0 Å². The molecule has 5 heteroatoms. The monoisotopic (exact) mass is 560 g/mol. The summed E-state index contributed by atoms with van der Waals surface area (Å²) in [4.78, 5) is 0. The van der Waals surface area contributed by atoms with Gasteiger partial charge in [-0.2, -0.15) is 0 Å². The molecule has 0 saturated carbocycles. The van der Waals surface area contributed by atoms with Crippen LogP contribution in [0.25, 0.3) is 33.4 Å². The standard InChI is InChI=1S/C36H23ClF2O2/c37-32-23-27(19-22-33(32)38)41-35-28(24-11-4-1-5-12-24)17-10-18-31(35)30-21-20-29(25-13-6-2-7-14-25)36(34(30)39)40-26-15-8-3-9-16-26/h1-23H. The Hall–Kier alpha value is -4.93. The molecule has 6 aromatic carbocycles. The van der Waals surface area contributed by atoms with Crippen LogP contribution in [0.5, 0.6) is 23.0 Å². The highest BCUT2D eigenvalue weighted by Gasteiger charge is 2.23. The maximum atomic E-state index is 16.7. The van der Waals surface area contributed by atoms with Crippen molar-refractivity contribution in [3.63, 3.8) is 0 Å². The van der Waals surface area contributed by atoms with Crippen molar-refractivity contribution in [2.24, 2.45) is 0 Å². The van der Waals surface area contributed by atoms with Crippen molar-refractivity contribution in [1.82, 2.24) is 0 Å². The molecule has 0 N–H and O–H groups in total. The molecule has 0 radical (unpaired) electrons. The highest BCUT2D eigenvalue weighted by molar-refractivity contribution is 6.30. The first-order valence-electron chi connectivity index (χ1n) is 13.0. The minimum Gasteiger partial charge on any atom is -0.456 e. The van der Waals surface area contributed by atoms with Gasteiger partial charge in [0.15, 0.2) is 11.6 Å². The summed E-state index contributed by atoms with van der Waals surface area (Å²) in [5.41, 5.74) is 3.83. The van der Waals surface area contributed by atoms with E-state index in [-0.39, 0.29) is 16.3 Å². The Morgan fingerprint density at radius 2 is 0.976 bits per heavy atom. The van der Waals surface area contributed by atoms with E-state index in [1.165, 1.54) is 18.2 Å². The fourth-order valence-corrected chi connectivity index (χ4v) is 4.85. The lowest BCUT2D eigenvalue weighted by Gasteiger charge is -2.19. The molecule has 6 aromatic rings. The van der Waals surface area contributed by atoms with Crippen molar-refractivity contribution < 1.29 is 18.3 Å². The molecule has 0 heterocycles. The normalized spacial score (nSPS) is 10.8. The second kappa shape index (κ2) is 11.7. The fraction of sp³-hybridized carbons (Fsp3) is 0. The molecule has 41 heavy (non-hydrogen) atoms. The predicted molar refractivity (Wildman–Crippen MR) is 161 cm³/mol. The molecule has 0 amide bonds. The fourth-order valence-electron chi connectivity index (χ4n) is 4.68. The van der Waals surface area contributed by atoms with Crippen LogP contribution in [0, 0.1) is 11.6 Å². The van der Waals surface area contributed by atoms with E-state index >= 15 is 4.39 Å². The van der Waals surface area contributed by atoms with Crippen molar-refractivity contribution in [3.8, 4) is 56.4 Å². The van der Waals surface area contributed by atoms with Gasteiger partial charge in [-0.1, -0.05) is 115 Å². The quantitative estimate of drug-likeness (QED) is 0.193. The third kappa shape index (κ3) is 5.56. The highest BCUT2D eigenvalue weighted by atomic mass is 35.5. The Labute approximate surface area is 242 Å². The van der Waals surface area contributed by atoms with Crippen LogP contribution in [0.2, 0.25) is 5.02 Å². The van der Waals surface area contributed by atoms with Gasteiger partial charge in [0.25, 0.3) is 0 Å². The summed E-state index contributed by atoms with van der Waals surface area (Å²) in [6, 6.07) is 41.5. The van der Waals surface area contributed by atoms with Crippen molar-refractivity contribution >= 4 is 11.6 Å². The Morgan fingerprint density at radius 3 is 1.61 bits per heavy atom. The molecule has 0 saturated heterocycles. The maximum absolute atomic E-state index is 16.7. The van der Waals surface area contributed by atoms with Gasteiger partial charge in [0.2, 0.25) is 0 Å². The van der Waals surface area contributed by atoms with E-state index in [0.29, 0.717) is 28.4 Å². The van der Waals surface area contributed by atoms with Crippen LogP contribution in [0.15, 0.2) is 140 Å². The van der Waals surface area contributed by atoms with Gasteiger partial charge in [-0.15, -0.1) is 0 Å². The number of halogens is 3. The average Bonchev–Trinajstić information content (AvgIpc) is 3.01. The SMILES string of the molecule is Fc1ccc(Oc2c(-c3ccccc3)cccc2-c2ccc(-c3ccccc3)c(Oc3ccccc3)c2F)cc1Cl. The number of ether oxygens (including phenoxy) is 2. The summed E-state index contributed by atoms with van der Waals surface area (Å²) in [5.74, 6) is 0.238. The van der Waals surface area contributed by atoms with E-state index in [0.717, 1.165) is 16.7 Å². The third-order valence-electron chi connectivity index (χ3n) is 6.65. The molecule has 0 bridgehead atoms. The second-order valence-electron chi connectivity index (χ2n) is 9.31. The van der Waals surface area contributed by atoms with Crippen LogP contribution in [-0.4, -0.2) is 0 Å². The molecule has 0 fully saturated rings. The van der Waals surface area contributed by atoms with E-state index in [1.807, 2.05) is 97.1 Å².